The van der Waals surface area contributed by atoms with E-state index in [1.54, 1.807) is 18.2 Å². The molecular weight excluding hydrogens is 490 g/mol. The molecule has 2 amide bonds. The second-order valence-electron chi connectivity index (χ2n) is 9.13. The lowest BCUT2D eigenvalue weighted by molar-refractivity contribution is -0.121. The summed E-state index contributed by atoms with van der Waals surface area (Å²) < 4.78 is 33.1. The smallest absolute Gasteiger partial charge is 0.266 e. The minimum Gasteiger partial charge on any atom is -0.370 e. The number of nitrogens with zero attached hydrogens (tertiary/aromatic N) is 1. The number of amides is 2. The SMILES string of the molecule is CC(C)CCC(=O)NCCc1ccc(S(=O)(=O)NC(=O)c2ccc(COCc3ccccc3)nc2)cc1. The van der Waals surface area contributed by atoms with Crippen molar-refractivity contribution >= 4 is 21.8 Å². The van der Waals surface area contributed by atoms with Crippen LogP contribution < -0.4 is 10.0 Å². The molecule has 0 aliphatic carbocycles. The third kappa shape index (κ3) is 9.44. The van der Waals surface area contributed by atoms with Gasteiger partial charge >= 0.3 is 0 Å². The Morgan fingerprint density at radius 1 is 0.919 bits per heavy atom. The van der Waals surface area contributed by atoms with Crippen LogP contribution >= 0.6 is 0 Å². The summed E-state index contributed by atoms with van der Waals surface area (Å²) in [6.07, 6.45) is 3.24. The molecule has 37 heavy (non-hydrogen) atoms. The molecule has 0 aliphatic heterocycles. The largest absolute Gasteiger partial charge is 0.370 e. The summed E-state index contributed by atoms with van der Waals surface area (Å²) in [5, 5.41) is 2.87. The molecule has 2 N–H and O–H groups in total. The van der Waals surface area contributed by atoms with E-state index in [1.165, 1.54) is 24.4 Å². The molecule has 2 aromatic carbocycles. The lowest BCUT2D eigenvalue weighted by atomic mass is 10.1. The molecule has 1 heterocycles. The Labute approximate surface area is 218 Å². The van der Waals surface area contributed by atoms with Gasteiger partial charge in [-0.15, -0.1) is 0 Å². The van der Waals surface area contributed by atoms with Crippen LogP contribution in [0.1, 0.15) is 53.9 Å². The Morgan fingerprint density at radius 2 is 1.65 bits per heavy atom. The first-order chi connectivity index (χ1) is 17.7. The monoisotopic (exact) mass is 523 g/mol. The Kier molecular flexibility index (Phi) is 10.3. The molecule has 0 fully saturated rings. The van der Waals surface area contributed by atoms with E-state index in [9.17, 15) is 18.0 Å². The van der Waals surface area contributed by atoms with Crippen molar-refractivity contribution in [3.05, 3.63) is 95.3 Å². The van der Waals surface area contributed by atoms with Crippen LogP contribution in [0.3, 0.4) is 0 Å². The molecule has 0 radical (unpaired) electrons. The summed E-state index contributed by atoms with van der Waals surface area (Å²) in [6, 6.07) is 19.1. The van der Waals surface area contributed by atoms with Gasteiger partial charge in [-0.25, -0.2) is 13.1 Å². The summed E-state index contributed by atoms with van der Waals surface area (Å²) in [5.74, 6) is -0.281. The minimum atomic E-state index is -4.05. The van der Waals surface area contributed by atoms with Gasteiger partial charge in [0.15, 0.2) is 0 Å². The van der Waals surface area contributed by atoms with Gasteiger partial charge in [-0.05, 0) is 54.2 Å². The highest BCUT2D eigenvalue weighted by Gasteiger charge is 2.19. The molecule has 3 aromatic rings. The first-order valence-corrected chi connectivity index (χ1v) is 13.7. The van der Waals surface area contributed by atoms with E-state index in [4.69, 9.17) is 4.74 Å². The third-order valence-electron chi connectivity index (χ3n) is 5.59. The number of hydrogen-bond acceptors (Lipinski definition) is 6. The number of rotatable bonds is 13. The Bertz CT molecular complexity index is 1260. The number of sulfonamides is 1. The molecule has 0 unspecified atom stereocenters. The number of ether oxygens (including phenoxy) is 1. The fourth-order valence-corrected chi connectivity index (χ4v) is 4.40. The average molecular weight is 524 g/mol. The van der Waals surface area contributed by atoms with E-state index in [0.717, 1.165) is 17.5 Å². The molecule has 3 rings (SSSR count). The van der Waals surface area contributed by atoms with Crippen molar-refractivity contribution in [2.24, 2.45) is 5.92 Å². The second-order valence-corrected chi connectivity index (χ2v) is 10.8. The van der Waals surface area contributed by atoms with Crippen LogP contribution in [0.2, 0.25) is 0 Å². The summed E-state index contributed by atoms with van der Waals surface area (Å²) >= 11 is 0. The summed E-state index contributed by atoms with van der Waals surface area (Å²) in [7, 11) is -4.05. The summed E-state index contributed by atoms with van der Waals surface area (Å²) in [4.78, 5) is 28.5. The maximum atomic E-state index is 12.7. The van der Waals surface area contributed by atoms with E-state index in [-0.39, 0.29) is 23.0 Å². The van der Waals surface area contributed by atoms with Gasteiger partial charge in [0.05, 0.1) is 29.4 Å². The lowest BCUT2D eigenvalue weighted by Gasteiger charge is -2.09. The zero-order chi connectivity index (χ0) is 26.7. The van der Waals surface area contributed by atoms with Gasteiger partial charge in [-0.3, -0.25) is 14.6 Å². The highest BCUT2D eigenvalue weighted by Crippen LogP contribution is 2.13. The van der Waals surface area contributed by atoms with Crippen molar-refractivity contribution in [3.8, 4) is 0 Å². The molecule has 0 aliphatic rings. The predicted octanol–water partition coefficient (Wildman–Crippen LogP) is 4.01. The number of aromatic nitrogens is 1. The van der Waals surface area contributed by atoms with Crippen LogP contribution in [0, 0.1) is 5.92 Å². The van der Waals surface area contributed by atoms with Gasteiger partial charge < -0.3 is 10.1 Å². The molecule has 0 saturated heterocycles. The van der Waals surface area contributed by atoms with Crippen LogP contribution in [-0.2, 0) is 39.2 Å². The average Bonchev–Trinajstić information content (AvgIpc) is 2.88. The summed E-state index contributed by atoms with van der Waals surface area (Å²) in [5.41, 5.74) is 2.67. The topological polar surface area (TPSA) is 114 Å². The van der Waals surface area contributed by atoms with E-state index in [1.807, 2.05) is 30.3 Å². The van der Waals surface area contributed by atoms with Gasteiger partial charge in [0.1, 0.15) is 0 Å². The second kappa shape index (κ2) is 13.7. The minimum absolute atomic E-state index is 0.0119. The lowest BCUT2D eigenvalue weighted by Crippen LogP contribution is -2.30. The molecule has 1 aromatic heterocycles. The molecule has 0 bridgehead atoms. The normalized spacial score (nSPS) is 11.3. The molecule has 0 atom stereocenters. The standard InChI is InChI=1S/C28H33N3O5S/c1-21(2)8-15-27(32)29-17-16-22-9-13-26(14-10-22)37(34,35)31-28(33)24-11-12-25(30-18-24)20-36-19-23-6-4-3-5-7-23/h3-7,9-14,18,21H,8,15-17,19-20H2,1-2H3,(H,29,32)(H,31,33). The van der Waals surface area contributed by atoms with Crippen molar-refractivity contribution in [3.63, 3.8) is 0 Å². The molecule has 0 saturated carbocycles. The van der Waals surface area contributed by atoms with Crippen molar-refractivity contribution in [1.82, 2.24) is 15.0 Å². The van der Waals surface area contributed by atoms with Gasteiger partial charge in [0.2, 0.25) is 5.91 Å². The Morgan fingerprint density at radius 3 is 2.30 bits per heavy atom. The Hall–Kier alpha value is -3.56. The van der Waals surface area contributed by atoms with Crippen LogP contribution in [0.25, 0.3) is 0 Å². The number of carbonyl (C=O) groups excluding carboxylic acids is 2. The number of carbonyl (C=O) groups is 2. The highest BCUT2D eigenvalue weighted by atomic mass is 32.2. The molecule has 196 valence electrons. The van der Waals surface area contributed by atoms with Gasteiger partial charge in [0, 0.05) is 19.2 Å². The quantitative estimate of drug-likeness (QED) is 0.350. The van der Waals surface area contributed by atoms with E-state index >= 15 is 0 Å². The number of pyridine rings is 1. The highest BCUT2D eigenvalue weighted by molar-refractivity contribution is 7.90. The van der Waals surface area contributed by atoms with E-state index in [0.29, 0.717) is 37.6 Å². The number of nitrogens with one attached hydrogen (secondary N) is 2. The first-order valence-electron chi connectivity index (χ1n) is 12.2. The van der Waals surface area contributed by atoms with Gasteiger partial charge in [-0.1, -0.05) is 56.3 Å². The zero-order valence-corrected chi connectivity index (χ0v) is 22.0. The fourth-order valence-electron chi connectivity index (χ4n) is 3.42. The van der Waals surface area contributed by atoms with Crippen molar-refractivity contribution in [2.45, 2.75) is 51.2 Å². The summed E-state index contributed by atoms with van der Waals surface area (Å²) in [6.45, 7) is 5.32. The van der Waals surface area contributed by atoms with E-state index < -0.39 is 15.9 Å². The predicted molar refractivity (Wildman–Crippen MR) is 141 cm³/mol. The number of benzene rings is 2. The first kappa shape index (κ1) is 28.0. The van der Waals surface area contributed by atoms with Crippen LogP contribution in [-0.4, -0.2) is 31.8 Å². The molecule has 9 heteroatoms. The third-order valence-corrected chi connectivity index (χ3v) is 6.94. The van der Waals surface area contributed by atoms with Crippen molar-refractivity contribution in [2.75, 3.05) is 6.54 Å². The van der Waals surface area contributed by atoms with Crippen LogP contribution in [0.4, 0.5) is 0 Å². The van der Waals surface area contributed by atoms with E-state index in [2.05, 4.69) is 28.9 Å². The van der Waals surface area contributed by atoms with Gasteiger partial charge in [-0.2, -0.15) is 0 Å². The maximum Gasteiger partial charge on any atom is 0.266 e. The van der Waals surface area contributed by atoms with Crippen molar-refractivity contribution in [1.29, 1.82) is 0 Å². The number of hydrogen-bond donors (Lipinski definition) is 2. The molecular formula is C28H33N3O5S. The van der Waals surface area contributed by atoms with Crippen molar-refractivity contribution < 1.29 is 22.7 Å². The molecule has 0 spiro atoms. The maximum absolute atomic E-state index is 12.7. The molecule has 8 nitrogen and oxygen atoms in total. The van der Waals surface area contributed by atoms with Gasteiger partial charge in [0.25, 0.3) is 15.9 Å². The van der Waals surface area contributed by atoms with Crippen LogP contribution in [0.5, 0.6) is 0 Å². The Balaban J connectivity index is 1.47. The zero-order valence-electron chi connectivity index (χ0n) is 21.1. The fraction of sp³-hybridized carbons (Fsp3) is 0.321. The van der Waals surface area contributed by atoms with Crippen LogP contribution in [0.15, 0.2) is 77.8 Å².